The predicted octanol–water partition coefficient (Wildman–Crippen LogP) is 5.40. The quantitative estimate of drug-likeness (QED) is 0.150. The first-order valence-electron chi connectivity index (χ1n) is 12.7. The van der Waals surface area contributed by atoms with Crippen LogP contribution in [0.25, 0.3) is 0 Å². The summed E-state index contributed by atoms with van der Waals surface area (Å²) >= 11 is 16.2. The second-order valence-electron chi connectivity index (χ2n) is 12.0. The van der Waals surface area contributed by atoms with Crippen molar-refractivity contribution in [3.05, 3.63) is 0 Å². The molecular weight excluding hydrogens is 888 g/mol. The van der Waals surface area contributed by atoms with E-state index in [0.717, 1.165) is 0 Å². The molecule has 1 heterocycles. The summed E-state index contributed by atoms with van der Waals surface area (Å²) in [5.41, 5.74) is 0. The molecule has 1 rings (SSSR count). The molecule has 1 aliphatic rings. The van der Waals surface area contributed by atoms with Crippen LogP contribution in [0.3, 0.4) is 0 Å². The van der Waals surface area contributed by atoms with Gasteiger partial charge in [0.05, 0.1) is 0 Å². The zero-order valence-electron chi connectivity index (χ0n) is 25.0. The first-order valence-corrected chi connectivity index (χ1v) is 16.6. The van der Waals surface area contributed by atoms with Crippen LogP contribution in [0.15, 0.2) is 0 Å². The molecule has 5 unspecified atom stereocenters. The number of esters is 5. The molecule has 1 saturated heterocycles. The van der Waals surface area contributed by atoms with E-state index in [-0.39, 0.29) is 0 Å². The maximum atomic E-state index is 13.2. The molecule has 0 saturated carbocycles. The van der Waals surface area contributed by atoms with Crippen molar-refractivity contribution >= 4 is 109 Å². The minimum atomic E-state index is -1.68. The average molecular weight is 925 g/mol. The summed E-state index contributed by atoms with van der Waals surface area (Å²) in [5.74, 6) is -3.94. The van der Waals surface area contributed by atoms with Crippen molar-refractivity contribution in [1.29, 1.82) is 0 Å². The Morgan fingerprint density at radius 3 is 1.17 bits per heavy atom. The van der Waals surface area contributed by atoms with Gasteiger partial charge in [-0.15, -0.1) is 0 Å². The fourth-order valence-electron chi connectivity index (χ4n) is 2.88. The molecule has 1 fully saturated rings. The van der Waals surface area contributed by atoms with Crippen molar-refractivity contribution in [1.82, 2.24) is 0 Å². The van der Waals surface area contributed by atoms with Crippen molar-refractivity contribution in [3.8, 4) is 0 Å². The fourth-order valence-corrected chi connectivity index (χ4v) is 3.36. The summed E-state index contributed by atoms with van der Waals surface area (Å²) in [6.45, 7) is 14.8. The molecule has 0 amide bonds. The first kappa shape index (κ1) is 39.7. The molecule has 242 valence electrons. The Morgan fingerprint density at radius 2 is 0.810 bits per heavy atom. The highest BCUT2D eigenvalue weighted by Gasteiger charge is 2.56. The Balaban J connectivity index is 3.82. The van der Waals surface area contributed by atoms with Gasteiger partial charge in [-0.05, 0) is 69.2 Å². The van der Waals surface area contributed by atoms with Crippen LogP contribution in [0.5, 0.6) is 0 Å². The molecule has 0 aromatic rings. The Labute approximate surface area is 288 Å². The Bertz CT molecular complexity index is 1030. The maximum Gasteiger partial charge on any atom is 0.324 e. The van der Waals surface area contributed by atoms with Gasteiger partial charge in [0.25, 0.3) is 0 Å². The molecule has 0 spiro atoms. The Hall–Kier alpha value is -0.290. The number of hydrogen-bond acceptors (Lipinski definition) is 11. The normalized spacial score (nSPS) is 23.8. The molecular formula is C26H37Br5O11. The van der Waals surface area contributed by atoms with Gasteiger partial charge in [0, 0.05) is 0 Å². The molecule has 0 N–H and O–H groups in total. The van der Waals surface area contributed by atoms with E-state index < -0.39 is 88.8 Å². The third-order valence-corrected chi connectivity index (χ3v) is 6.97. The standard InChI is InChI=1S/C26H37Br5O11/c1-22(2,27)17(32)37-11-12-13(39-18(33)23(3,4)28)14(40-19(34)24(5,6)29)15(41-20(35)25(7,8)30)16(38-12)42-21(36)26(9,10)31/h12-16H,11H2,1-10H3. The largest absolute Gasteiger partial charge is 0.462 e. The molecule has 1 aliphatic heterocycles. The van der Waals surface area contributed by atoms with Gasteiger partial charge in [-0.1, -0.05) is 79.6 Å². The number of hydrogen-bond donors (Lipinski definition) is 0. The maximum absolute atomic E-state index is 13.2. The lowest BCUT2D eigenvalue weighted by molar-refractivity contribution is -0.302. The van der Waals surface area contributed by atoms with Gasteiger partial charge in [-0.25, -0.2) is 0 Å². The van der Waals surface area contributed by atoms with Gasteiger partial charge >= 0.3 is 29.8 Å². The van der Waals surface area contributed by atoms with E-state index in [0.29, 0.717) is 0 Å². The van der Waals surface area contributed by atoms with Crippen LogP contribution in [-0.4, -0.2) is 88.8 Å². The lowest BCUT2D eigenvalue weighted by atomic mass is 9.97. The van der Waals surface area contributed by atoms with Crippen LogP contribution in [0.2, 0.25) is 0 Å². The lowest BCUT2D eigenvalue weighted by Gasteiger charge is -2.45. The Kier molecular flexibility index (Phi) is 13.6. The number of carbonyl (C=O) groups is 5. The second kappa shape index (κ2) is 14.4. The minimum Gasteiger partial charge on any atom is -0.462 e. The molecule has 5 atom stereocenters. The second-order valence-corrected chi connectivity index (χ2v) is 21.9. The van der Waals surface area contributed by atoms with Crippen molar-refractivity contribution in [2.75, 3.05) is 6.61 Å². The summed E-state index contributed by atoms with van der Waals surface area (Å²) in [5, 5.41) is 0. The van der Waals surface area contributed by atoms with Crippen LogP contribution in [0, 0.1) is 0 Å². The van der Waals surface area contributed by atoms with E-state index in [9.17, 15) is 24.0 Å². The smallest absolute Gasteiger partial charge is 0.324 e. The predicted molar refractivity (Wildman–Crippen MR) is 170 cm³/mol. The molecule has 0 radical (unpaired) electrons. The monoisotopic (exact) mass is 920 g/mol. The highest BCUT2D eigenvalue weighted by Crippen LogP contribution is 2.35. The van der Waals surface area contributed by atoms with E-state index in [2.05, 4.69) is 79.6 Å². The van der Waals surface area contributed by atoms with Crippen molar-refractivity contribution in [2.24, 2.45) is 0 Å². The summed E-state index contributed by atoms with van der Waals surface area (Å²) < 4.78 is 28.4. The van der Waals surface area contributed by atoms with Crippen molar-refractivity contribution < 1.29 is 52.4 Å². The number of ether oxygens (including phenoxy) is 6. The number of rotatable bonds is 11. The van der Waals surface area contributed by atoms with Crippen molar-refractivity contribution in [3.63, 3.8) is 0 Å². The van der Waals surface area contributed by atoms with E-state index >= 15 is 0 Å². The fraction of sp³-hybridized carbons (Fsp3) is 0.808. The van der Waals surface area contributed by atoms with Crippen LogP contribution < -0.4 is 0 Å². The third-order valence-electron chi connectivity index (χ3n) is 5.35. The zero-order chi connectivity index (χ0) is 33.2. The molecule has 0 aromatic carbocycles. The average Bonchev–Trinajstić information content (AvgIpc) is 2.77. The van der Waals surface area contributed by atoms with Gasteiger partial charge in [0.15, 0.2) is 12.2 Å². The number of alkyl halides is 5. The van der Waals surface area contributed by atoms with Crippen LogP contribution in [-0.2, 0) is 52.4 Å². The topological polar surface area (TPSA) is 141 Å². The highest BCUT2D eigenvalue weighted by molar-refractivity contribution is 9.11. The third kappa shape index (κ3) is 11.9. The van der Waals surface area contributed by atoms with Crippen LogP contribution >= 0.6 is 79.6 Å². The Morgan fingerprint density at radius 1 is 0.500 bits per heavy atom. The van der Waals surface area contributed by atoms with Crippen LogP contribution in [0.1, 0.15) is 69.2 Å². The number of halogens is 5. The summed E-state index contributed by atoms with van der Waals surface area (Å²) in [6, 6.07) is 0. The summed E-state index contributed by atoms with van der Waals surface area (Å²) in [7, 11) is 0. The SMILES string of the molecule is CC(C)(Br)C(=O)OCC1OC(OC(=O)C(C)(C)Br)C(OC(=O)C(C)(C)Br)C(OC(=O)C(C)(C)Br)C1OC(=O)C(C)(C)Br. The lowest BCUT2D eigenvalue weighted by Crippen LogP contribution is -2.65. The van der Waals surface area contributed by atoms with Gasteiger partial charge < -0.3 is 28.4 Å². The summed E-state index contributed by atoms with van der Waals surface area (Å²) in [4.78, 5) is 64.9. The molecule has 0 aromatic heterocycles. The van der Waals surface area contributed by atoms with E-state index in [4.69, 9.17) is 28.4 Å². The molecule has 0 bridgehead atoms. The summed E-state index contributed by atoms with van der Waals surface area (Å²) in [6.07, 6.45) is -7.73. The minimum absolute atomic E-state index is 0.517. The van der Waals surface area contributed by atoms with E-state index in [1.54, 1.807) is 13.8 Å². The first-order chi connectivity index (χ1) is 18.6. The number of carbonyl (C=O) groups excluding carboxylic acids is 5. The van der Waals surface area contributed by atoms with Crippen molar-refractivity contribution in [2.45, 2.75) is 122 Å². The molecule has 11 nitrogen and oxygen atoms in total. The van der Waals surface area contributed by atoms with Gasteiger partial charge in [0.2, 0.25) is 12.4 Å². The van der Waals surface area contributed by atoms with Gasteiger partial charge in [0.1, 0.15) is 34.3 Å². The molecule has 0 aliphatic carbocycles. The molecule has 16 heteroatoms. The van der Waals surface area contributed by atoms with Gasteiger partial charge in [-0.2, -0.15) is 0 Å². The van der Waals surface area contributed by atoms with Crippen LogP contribution in [0.4, 0.5) is 0 Å². The van der Waals surface area contributed by atoms with Gasteiger partial charge in [-0.3, -0.25) is 24.0 Å². The highest BCUT2D eigenvalue weighted by atomic mass is 79.9. The van der Waals surface area contributed by atoms with E-state index in [1.807, 2.05) is 0 Å². The molecule has 42 heavy (non-hydrogen) atoms. The van der Waals surface area contributed by atoms with E-state index in [1.165, 1.54) is 55.4 Å². The zero-order valence-corrected chi connectivity index (χ0v) is 32.9.